The average molecular weight is 213 g/mol. The van der Waals surface area contributed by atoms with Gasteiger partial charge in [0.05, 0.1) is 12.7 Å². The van der Waals surface area contributed by atoms with Crippen LogP contribution in [0.2, 0.25) is 0 Å². The molecule has 0 bridgehead atoms. The molecule has 1 heterocycles. The molecular formula is C12H23NO2. The lowest BCUT2D eigenvalue weighted by molar-refractivity contribution is 0.104. The third-order valence-electron chi connectivity index (χ3n) is 3.88. The zero-order chi connectivity index (χ0) is 10.7. The van der Waals surface area contributed by atoms with E-state index in [2.05, 4.69) is 4.90 Å². The largest absolute Gasteiger partial charge is 0.393 e. The Morgan fingerprint density at radius 3 is 2.87 bits per heavy atom. The van der Waals surface area contributed by atoms with Crippen molar-refractivity contribution in [2.75, 3.05) is 33.4 Å². The molecule has 3 unspecified atom stereocenters. The van der Waals surface area contributed by atoms with Crippen molar-refractivity contribution in [3.05, 3.63) is 0 Å². The number of ether oxygens (including phenoxy) is 1. The zero-order valence-electron chi connectivity index (χ0n) is 9.69. The van der Waals surface area contributed by atoms with Crippen molar-refractivity contribution in [1.82, 2.24) is 4.90 Å². The highest BCUT2D eigenvalue weighted by Crippen LogP contribution is 2.28. The number of aliphatic hydroxyl groups is 1. The van der Waals surface area contributed by atoms with Gasteiger partial charge in [-0.3, -0.25) is 0 Å². The van der Waals surface area contributed by atoms with Crippen molar-refractivity contribution >= 4 is 0 Å². The van der Waals surface area contributed by atoms with Crippen LogP contribution < -0.4 is 0 Å². The van der Waals surface area contributed by atoms with E-state index in [1.807, 2.05) is 0 Å². The van der Waals surface area contributed by atoms with Crippen LogP contribution in [-0.2, 0) is 4.74 Å². The maximum Gasteiger partial charge on any atom is 0.0580 e. The third-order valence-corrected chi connectivity index (χ3v) is 3.88. The summed E-state index contributed by atoms with van der Waals surface area (Å²) >= 11 is 0. The van der Waals surface area contributed by atoms with Crippen LogP contribution in [-0.4, -0.2) is 49.5 Å². The fourth-order valence-electron chi connectivity index (χ4n) is 3.01. The van der Waals surface area contributed by atoms with Gasteiger partial charge in [0.25, 0.3) is 0 Å². The van der Waals surface area contributed by atoms with E-state index in [1.165, 1.54) is 25.8 Å². The first kappa shape index (κ1) is 11.4. The second-order valence-electron chi connectivity index (χ2n) is 5.13. The van der Waals surface area contributed by atoms with Gasteiger partial charge in [0.2, 0.25) is 0 Å². The summed E-state index contributed by atoms with van der Waals surface area (Å²) in [4.78, 5) is 2.50. The van der Waals surface area contributed by atoms with Crippen molar-refractivity contribution in [3.63, 3.8) is 0 Å². The fraction of sp³-hybridized carbons (Fsp3) is 1.00. The van der Waals surface area contributed by atoms with Gasteiger partial charge in [-0.15, -0.1) is 0 Å². The number of aliphatic hydroxyl groups excluding tert-OH is 1. The molecule has 3 heteroatoms. The van der Waals surface area contributed by atoms with Gasteiger partial charge in [-0.2, -0.15) is 0 Å². The van der Waals surface area contributed by atoms with Gasteiger partial charge in [-0.05, 0) is 37.6 Å². The van der Waals surface area contributed by atoms with Crippen molar-refractivity contribution in [2.24, 2.45) is 11.8 Å². The van der Waals surface area contributed by atoms with E-state index in [4.69, 9.17) is 4.74 Å². The van der Waals surface area contributed by atoms with Crippen LogP contribution in [0.3, 0.4) is 0 Å². The molecule has 2 rings (SSSR count). The predicted octanol–water partition coefficient (Wildman–Crippen LogP) is 1.12. The van der Waals surface area contributed by atoms with Gasteiger partial charge in [-0.25, -0.2) is 0 Å². The van der Waals surface area contributed by atoms with Gasteiger partial charge in [-0.1, -0.05) is 6.42 Å². The summed E-state index contributed by atoms with van der Waals surface area (Å²) in [6.07, 6.45) is 4.66. The van der Waals surface area contributed by atoms with Crippen LogP contribution in [0, 0.1) is 11.8 Å². The predicted molar refractivity (Wildman–Crippen MR) is 59.8 cm³/mol. The molecule has 1 aliphatic heterocycles. The molecule has 1 aliphatic carbocycles. The normalized spacial score (nSPS) is 37.6. The maximum absolute atomic E-state index is 9.77. The summed E-state index contributed by atoms with van der Waals surface area (Å²) in [7, 11) is 1.78. The Hall–Kier alpha value is -0.120. The molecule has 1 saturated carbocycles. The van der Waals surface area contributed by atoms with Crippen molar-refractivity contribution in [2.45, 2.75) is 31.8 Å². The Morgan fingerprint density at radius 1 is 1.33 bits per heavy atom. The number of rotatable bonds is 4. The summed E-state index contributed by atoms with van der Waals surface area (Å²) < 4.78 is 5.19. The quantitative estimate of drug-likeness (QED) is 0.759. The zero-order valence-corrected chi connectivity index (χ0v) is 9.69. The minimum atomic E-state index is -0.0357. The van der Waals surface area contributed by atoms with E-state index in [1.54, 1.807) is 7.11 Å². The van der Waals surface area contributed by atoms with Crippen LogP contribution in [0.15, 0.2) is 0 Å². The fourth-order valence-corrected chi connectivity index (χ4v) is 3.01. The van der Waals surface area contributed by atoms with Gasteiger partial charge >= 0.3 is 0 Å². The Balaban J connectivity index is 1.72. The third kappa shape index (κ3) is 2.92. The maximum atomic E-state index is 9.77. The standard InChI is InChI=1S/C12H23NO2/c1-15-9-10-5-6-13(7-10)8-11-3-2-4-12(11)14/h10-12,14H,2-9H2,1H3. The molecule has 0 amide bonds. The van der Waals surface area contributed by atoms with E-state index >= 15 is 0 Å². The van der Waals surface area contributed by atoms with E-state index in [0.29, 0.717) is 11.8 Å². The summed E-state index contributed by atoms with van der Waals surface area (Å²) in [6, 6.07) is 0. The van der Waals surface area contributed by atoms with E-state index in [9.17, 15) is 5.11 Å². The molecule has 0 aromatic rings. The molecule has 0 aromatic carbocycles. The second-order valence-corrected chi connectivity index (χ2v) is 5.13. The van der Waals surface area contributed by atoms with Crippen LogP contribution in [0.5, 0.6) is 0 Å². The lowest BCUT2D eigenvalue weighted by atomic mass is 10.1. The summed E-state index contributed by atoms with van der Waals surface area (Å²) in [5.74, 6) is 1.25. The number of hydrogen-bond acceptors (Lipinski definition) is 3. The monoisotopic (exact) mass is 213 g/mol. The molecule has 15 heavy (non-hydrogen) atoms. The lowest BCUT2D eigenvalue weighted by Gasteiger charge is -2.22. The molecule has 1 saturated heterocycles. The summed E-state index contributed by atoms with van der Waals surface area (Å²) in [5.41, 5.74) is 0. The molecule has 2 aliphatic rings. The Labute approximate surface area is 92.4 Å². The first-order valence-electron chi connectivity index (χ1n) is 6.19. The molecule has 1 N–H and O–H groups in total. The number of likely N-dealkylation sites (tertiary alicyclic amines) is 1. The molecule has 0 aromatic heterocycles. The molecule has 3 atom stereocenters. The molecule has 3 nitrogen and oxygen atoms in total. The SMILES string of the molecule is COCC1CCN(CC2CCCC2O)C1. The summed E-state index contributed by atoms with van der Waals surface area (Å²) in [6.45, 7) is 4.35. The van der Waals surface area contributed by atoms with E-state index < -0.39 is 0 Å². The average Bonchev–Trinajstić information content (AvgIpc) is 2.79. The Bertz CT molecular complexity index is 198. The Kier molecular flexibility index (Phi) is 4.00. The van der Waals surface area contributed by atoms with Crippen LogP contribution in [0.1, 0.15) is 25.7 Å². The topological polar surface area (TPSA) is 32.7 Å². The highest BCUT2D eigenvalue weighted by Gasteiger charge is 2.30. The molecule has 0 radical (unpaired) electrons. The minimum Gasteiger partial charge on any atom is -0.393 e. The van der Waals surface area contributed by atoms with Crippen molar-refractivity contribution < 1.29 is 9.84 Å². The molecule has 88 valence electrons. The van der Waals surface area contributed by atoms with Crippen LogP contribution in [0.25, 0.3) is 0 Å². The first-order valence-corrected chi connectivity index (χ1v) is 6.19. The van der Waals surface area contributed by atoms with Crippen LogP contribution in [0.4, 0.5) is 0 Å². The van der Waals surface area contributed by atoms with E-state index in [0.717, 1.165) is 26.1 Å². The van der Waals surface area contributed by atoms with E-state index in [-0.39, 0.29) is 6.10 Å². The lowest BCUT2D eigenvalue weighted by Crippen LogP contribution is -2.31. The van der Waals surface area contributed by atoms with Crippen molar-refractivity contribution in [1.29, 1.82) is 0 Å². The van der Waals surface area contributed by atoms with Gasteiger partial charge in [0.1, 0.15) is 0 Å². The van der Waals surface area contributed by atoms with Gasteiger partial charge in [0.15, 0.2) is 0 Å². The Morgan fingerprint density at radius 2 is 2.20 bits per heavy atom. The van der Waals surface area contributed by atoms with Gasteiger partial charge < -0.3 is 14.7 Å². The minimum absolute atomic E-state index is 0.0357. The van der Waals surface area contributed by atoms with Crippen molar-refractivity contribution in [3.8, 4) is 0 Å². The number of methoxy groups -OCH3 is 1. The second kappa shape index (κ2) is 5.28. The highest BCUT2D eigenvalue weighted by atomic mass is 16.5. The molecule has 0 spiro atoms. The first-order chi connectivity index (χ1) is 7.29. The van der Waals surface area contributed by atoms with Crippen LogP contribution >= 0.6 is 0 Å². The number of nitrogens with zero attached hydrogens (tertiary/aromatic N) is 1. The smallest absolute Gasteiger partial charge is 0.0580 e. The molecular weight excluding hydrogens is 190 g/mol. The highest BCUT2D eigenvalue weighted by molar-refractivity contribution is 4.83. The molecule has 2 fully saturated rings. The summed E-state index contributed by atoms with van der Waals surface area (Å²) in [5, 5.41) is 9.77. The van der Waals surface area contributed by atoms with Gasteiger partial charge in [0, 0.05) is 20.2 Å². The number of hydrogen-bond donors (Lipinski definition) is 1.